The van der Waals surface area contributed by atoms with Gasteiger partial charge in [0.05, 0.1) is 0 Å². The number of hydrogen-bond acceptors (Lipinski definition) is 2. The smallest absolute Gasteiger partial charge is 0.0447 e. The average Bonchev–Trinajstić information content (AvgIpc) is 2.30. The van der Waals surface area contributed by atoms with Gasteiger partial charge in [-0.3, -0.25) is 4.98 Å². The molecule has 3 atom stereocenters. The molecule has 15 heavy (non-hydrogen) atoms. The fraction of sp³-hybridized carbons (Fsp3) is 0.615. The zero-order valence-electron chi connectivity index (χ0n) is 10.2. The standard InChI is InChI=1S/C13H22N2/c1-5-10(2)13(14-4)11(3)12-8-6-7-9-15-12/h6-11,13-14H,5H2,1-4H3. The highest BCUT2D eigenvalue weighted by atomic mass is 14.9. The number of pyridine rings is 1. The van der Waals surface area contributed by atoms with Crippen molar-refractivity contribution in [2.75, 3.05) is 7.05 Å². The molecule has 1 aromatic rings. The first-order chi connectivity index (χ1) is 7.20. The Morgan fingerprint density at radius 2 is 2.07 bits per heavy atom. The molecule has 84 valence electrons. The summed E-state index contributed by atoms with van der Waals surface area (Å²) in [6, 6.07) is 6.64. The molecular weight excluding hydrogens is 184 g/mol. The van der Waals surface area contributed by atoms with Gasteiger partial charge in [-0.25, -0.2) is 0 Å². The van der Waals surface area contributed by atoms with Crippen LogP contribution in [-0.2, 0) is 0 Å². The molecule has 1 N–H and O–H groups in total. The number of nitrogens with one attached hydrogen (secondary N) is 1. The van der Waals surface area contributed by atoms with Gasteiger partial charge in [-0.05, 0) is 25.1 Å². The molecule has 1 aromatic heterocycles. The van der Waals surface area contributed by atoms with E-state index in [0.29, 0.717) is 17.9 Å². The molecule has 0 radical (unpaired) electrons. The Balaban J connectivity index is 2.77. The Bertz CT molecular complexity index is 271. The summed E-state index contributed by atoms with van der Waals surface area (Å²) in [5.41, 5.74) is 1.18. The number of aromatic nitrogens is 1. The van der Waals surface area contributed by atoms with Crippen LogP contribution in [-0.4, -0.2) is 18.1 Å². The molecule has 0 saturated carbocycles. The van der Waals surface area contributed by atoms with Crippen LogP contribution in [0.4, 0.5) is 0 Å². The Morgan fingerprint density at radius 1 is 1.33 bits per heavy atom. The van der Waals surface area contributed by atoms with Crippen molar-refractivity contribution in [1.29, 1.82) is 0 Å². The third-order valence-corrected chi connectivity index (χ3v) is 3.28. The lowest BCUT2D eigenvalue weighted by Crippen LogP contribution is -2.36. The highest BCUT2D eigenvalue weighted by Gasteiger charge is 2.22. The van der Waals surface area contributed by atoms with E-state index in [0.717, 1.165) is 0 Å². The number of rotatable bonds is 5. The summed E-state index contributed by atoms with van der Waals surface area (Å²) in [4.78, 5) is 4.42. The van der Waals surface area contributed by atoms with Gasteiger partial charge in [0.2, 0.25) is 0 Å². The number of nitrogens with zero attached hydrogens (tertiary/aromatic N) is 1. The predicted molar refractivity (Wildman–Crippen MR) is 65.0 cm³/mol. The SMILES string of the molecule is CCC(C)C(NC)C(C)c1ccccn1. The molecule has 0 saturated heterocycles. The molecule has 0 spiro atoms. The van der Waals surface area contributed by atoms with Crippen molar-refractivity contribution in [2.45, 2.75) is 39.2 Å². The minimum atomic E-state index is 0.464. The van der Waals surface area contributed by atoms with Gasteiger partial charge >= 0.3 is 0 Å². The normalized spacial score (nSPS) is 17.1. The predicted octanol–water partition coefficient (Wildman–Crippen LogP) is 2.82. The van der Waals surface area contributed by atoms with Crippen LogP contribution in [0, 0.1) is 5.92 Å². The third kappa shape index (κ3) is 3.03. The van der Waals surface area contributed by atoms with Crippen LogP contribution in [0.3, 0.4) is 0 Å². The molecular formula is C13H22N2. The molecule has 1 heterocycles. The van der Waals surface area contributed by atoms with E-state index in [2.05, 4.69) is 43.2 Å². The molecule has 1 rings (SSSR count). The molecule has 0 amide bonds. The lowest BCUT2D eigenvalue weighted by Gasteiger charge is -2.28. The second-order valence-corrected chi connectivity index (χ2v) is 4.24. The fourth-order valence-electron chi connectivity index (χ4n) is 2.11. The maximum Gasteiger partial charge on any atom is 0.0447 e. The second-order valence-electron chi connectivity index (χ2n) is 4.24. The zero-order chi connectivity index (χ0) is 11.3. The molecule has 2 nitrogen and oxygen atoms in total. The van der Waals surface area contributed by atoms with Gasteiger partial charge in [0.1, 0.15) is 0 Å². The van der Waals surface area contributed by atoms with Gasteiger partial charge in [0, 0.05) is 23.9 Å². The van der Waals surface area contributed by atoms with Gasteiger partial charge in [-0.1, -0.05) is 33.3 Å². The molecule has 2 heteroatoms. The Morgan fingerprint density at radius 3 is 2.53 bits per heavy atom. The summed E-state index contributed by atoms with van der Waals surface area (Å²) in [6.45, 7) is 6.77. The summed E-state index contributed by atoms with van der Waals surface area (Å²) >= 11 is 0. The van der Waals surface area contributed by atoms with E-state index < -0.39 is 0 Å². The highest BCUT2D eigenvalue weighted by molar-refractivity contribution is 5.11. The lowest BCUT2D eigenvalue weighted by molar-refractivity contribution is 0.342. The van der Waals surface area contributed by atoms with E-state index >= 15 is 0 Å². The van der Waals surface area contributed by atoms with Crippen molar-refractivity contribution in [3.63, 3.8) is 0 Å². The second kappa shape index (κ2) is 5.86. The van der Waals surface area contributed by atoms with Crippen LogP contribution in [0.2, 0.25) is 0 Å². The fourth-order valence-corrected chi connectivity index (χ4v) is 2.11. The summed E-state index contributed by atoms with van der Waals surface area (Å²) < 4.78 is 0. The van der Waals surface area contributed by atoms with E-state index in [1.807, 2.05) is 19.3 Å². The third-order valence-electron chi connectivity index (χ3n) is 3.28. The Labute approximate surface area is 93.1 Å². The van der Waals surface area contributed by atoms with E-state index in [1.54, 1.807) is 0 Å². The first-order valence-corrected chi connectivity index (χ1v) is 5.78. The Kier molecular flexibility index (Phi) is 4.76. The van der Waals surface area contributed by atoms with Gasteiger partial charge in [0.25, 0.3) is 0 Å². The van der Waals surface area contributed by atoms with Crippen LogP contribution >= 0.6 is 0 Å². The van der Waals surface area contributed by atoms with Gasteiger partial charge < -0.3 is 5.32 Å². The van der Waals surface area contributed by atoms with Crippen molar-refractivity contribution >= 4 is 0 Å². The molecule has 0 bridgehead atoms. The van der Waals surface area contributed by atoms with Gasteiger partial charge in [-0.15, -0.1) is 0 Å². The highest BCUT2D eigenvalue weighted by Crippen LogP contribution is 2.23. The van der Waals surface area contributed by atoms with E-state index in [-0.39, 0.29) is 0 Å². The van der Waals surface area contributed by atoms with Crippen LogP contribution in [0.15, 0.2) is 24.4 Å². The number of hydrogen-bond donors (Lipinski definition) is 1. The van der Waals surface area contributed by atoms with Gasteiger partial charge in [0.15, 0.2) is 0 Å². The van der Waals surface area contributed by atoms with Crippen LogP contribution in [0.25, 0.3) is 0 Å². The lowest BCUT2D eigenvalue weighted by atomic mass is 9.87. The van der Waals surface area contributed by atoms with Crippen molar-refractivity contribution < 1.29 is 0 Å². The minimum absolute atomic E-state index is 0.464. The maximum atomic E-state index is 4.42. The molecule has 3 unspecified atom stereocenters. The topological polar surface area (TPSA) is 24.9 Å². The quantitative estimate of drug-likeness (QED) is 0.801. The first kappa shape index (κ1) is 12.2. The van der Waals surface area contributed by atoms with Crippen LogP contribution in [0.1, 0.15) is 38.8 Å². The summed E-state index contributed by atoms with van der Waals surface area (Å²) in [5, 5.41) is 3.41. The first-order valence-electron chi connectivity index (χ1n) is 5.78. The van der Waals surface area contributed by atoms with E-state index in [1.165, 1.54) is 12.1 Å². The number of likely N-dealkylation sites (N-methyl/N-ethyl adjacent to an activating group) is 1. The van der Waals surface area contributed by atoms with Gasteiger partial charge in [-0.2, -0.15) is 0 Å². The van der Waals surface area contributed by atoms with Crippen molar-refractivity contribution in [2.24, 2.45) is 5.92 Å². The summed E-state index contributed by atoms with van der Waals surface area (Å²) in [5.74, 6) is 1.14. The molecule has 0 aliphatic heterocycles. The molecule has 0 fully saturated rings. The molecule has 0 aliphatic rings. The molecule has 0 aliphatic carbocycles. The van der Waals surface area contributed by atoms with Crippen molar-refractivity contribution in [1.82, 2.24) is 10.3 Å². The minimum Gasteiger partial charge on any atom is -0.316 e. The van der Waals surface area contributed by atoms with Crippen LogP contribution < -0.4 is 5.32 Å². The monoisotopic (exact) mass is 206 g/mol. The molecule has 0 aromatic carbocycles. The van der Waals surface area contributed by atoms with E-state index in [9.17, 15) is 0 Å². The maximum absolute atomic E-state index is 4.42. The summed E-state index contributed by atoms with van der Waals surface area (Å²) in [6.07, 6.45) is 3.07. The van der Waals surface area contributed by atoms with Crippen molar-refractivity contribution in [3.8, 4) is 0 Å². The van der Waals surface area contributed by atoms with Crippen LogP contribution in [0.5, 0.6) is 0 Å². The Hall–Kier alpha value is -0.890. The summed E-state index contributed by atoms with van der Waals surface area (Å²) in [7, 11) is 2.04. The van der Waals surface area contributed by atoms with E-state index in [4.69, 9.17) is 0 Å². The average molecular weight is 206 g/mol. The largest absolute Gasteiger partial charge is 0.316 e. The zero-order valence-corrected chi connectivity index (χ0v) is 10.2. The van der Waals surface area contributed by atoms with Crippen molar-refractivity contribution in [3.05, 3.63) is 30.1 Å².